The van der Waals surface area contributed by atoms with Crippen LogP contribution in [0.25, 0.3) is 0 Å². The van der Waals surface area contributed by atoms with Gasteiger partial charge in [-0.05, 0) is 29.8 Å². The summed E-state index contributed by atoms with van der Waals surface area (Å²) < 4.78 is 5.13. The third-order valence-electron chi connectivity index (χ3n) is 3.79. The highest BCUT2D eigenvalue weighted by atomic mass is 32.1. The van der Waals surface area contributed by atoms with Gasteiger partial charge in [-0.3, -0.25) is 10.1 Å². The molecule has 1 aliphatic rings. The van der Waals surface area contributed by atoms with Crippen LogP contribution in [0.1, 0.15) is 11.6 Å². The molecule has 1 fully saturated rings. The molecule has 2 atom stereocenters. The maximum atomic E-state index is 11.3. The van der Waals surface area contributed by atoms with E-state index in [4.69, 9.17) is 17.0 Å². The molecule has 0 spiro atoms. The Morgan fingerprint density at radius 1 is 1.14 bits per heavy atom. The molecule has 2 aromatic rings. The number of rotatable bonds is 4. The molecule has 1 aliphatic heterocycles. The fourth-order valence-electron chi connectivity index (χ4n) is 2.69. The monoisotopic (exact) mass is 314 g/mol. The number of nitro groups is 1. The molecule has 0 N–H and O–H groups in total. The van der Waals surface area contributed by atoms with E-state index in [1.807, 2.05) is 47.4 Å². The maximum Gasteiger partial charge on any atom is 0.287 e. The van der Waals surface area contributed by atoms with Crippen molar-refractivity contribution in [2.45, 2.75) is 12.1 Å². The van der Waals surface area contributed by atoms with Crippen molar-refractivity contribution < 1.29 is 9.66 Å². The van der Waals surface area contributed by atoms with Crippen LogP contribution in [0.4, 0.5) is 5.69 Å². The van der Waals surface area contributed by atoms with Crippen molar-refractivity contribution in [3.63, 3.8) is 0 Å². The molecule has 0 amide bonds. The Morgan fingerprint density at radius 2 is 1.77 bits per heavy atom. The number of nitrogens with zero attached hydrogens (tertiary/aromatic N) is 2. The van der Waals surface area contributed by atoms with E-state index in [1.165, 1.54) is 0 Å². The van der Waals surface area contributed by atoms with E-state index >= 15 is 0 Å². The van der Waals surface area contributed by atoms with Crippen molar-refractivity contribution >= 4 is 22.9 Å². The molecule has 6 heteroatoms. The lowest BCUT2D eigenvalue weighted by Crippen LogP contribution is -2.61. The van der Waals surface area contributed by atoms with Crippen molar-refractivity contribution in [2.75, 3.05) is 12.0 Å². The number of thiocarbonyl (C=S) groups is 1. The third-order valence-corrected chi connectivity index (χ3v) is 4.22. The summed E-state index contributed by atoms with van der Waals surface area (Å²) in [4.78, 5) is 13.2. The SMILES string of the molecule is COc1ccc([C@H]2[C@@H]([N+](=O)[O-])C(=S)N2c2ccccc2)cc1. The number of benzene rings is 2. The topological polar surface area (TPSA) is 55.6 Å². The summed E-state index contributed by atoms with van der Waals surface area (Å²) >= 11 is 5.27. The zero-order valence-electron chi connectivity index (χ0n) is 11.9. The molecular formula is C16H14N2O3S. The molecule has 5 nitrogen and oxygen atoms in total. The number of methoxy groups -OCH3 is 1. The molecule has 0 saturated carbocycles. The molecule has 1 saturated heterocycles. The third kappa shape index (κ3) is 2.31. The highest BCUT2D eigenvalue weighted by Crippen LogP contribution is 2.41. The summed E-state index contributed by atoms with van der Waals surface area (Å²) in [6.07, 6.45) is 0. The summed E-state index contributed by atoms with van der Waals surface area (Å²) in [7, 11) is 1.59. The van der Waals surface area contributed by atoms with E-state index in [0.717, 1.165) is 17.0 Å². The highest BCUT2D eigenvalue weighted by molar-refractivity contribution is 7.80. The van der Waals surface area contributed by atoms with Gasteiger partial charge in [-0.25, -0.2) is 0 Å². The summed E-state index contributed by atoms with van der Waals surface area (Å²) in [5.41, 5.74) is 1.71. The van der Waals surface area contributed by atoms with Crippen molar-refractivity contribution in [3.05, 3.63) is 70.3 Å². The van der Waals surface area contributed by atoms with Crippen molar-refractivity contribution in [1.82, 2.24) is 0 Å². The first-order valence-corrected chi connectivity index (χ1v) is 7.20. The second-order valence-corrected chi connectivity index (χ2v) is 5.41. The minimum Gasteiger partial charge on any atom is -0.497 e. The number of para-hydroxylation sites is 1. The first-order valence-electron chi connectivity index (χ1n) is 6.79. The van der Waals surface area contributed by atoms with Gasteiger partial charge in [0.05, 0.1) is 7.11 Å². The molecule has 22 heavy (non-hydrogen) atoms. The van der Waals surface area contributed by atoms with Gasteiger partial charge in [0.25, 0.3) is 6.04 Å². The molecule has 0 aliphatic carbocycles. The van der Waals surface area contributed by atoms with Gasteiger partial charge in [0.1, 0.15) is 11.8 Å². The second kappa shape index (κ2) is 5.73. The lowest BCUT2D eigenvalue weighted by molar-refractivity contribution is -0.512. The summed E-state index contributed by atoms with van der Waals surface area (Å²) in [5, 5.41) is 11.3. The van der Waals surface area contributed by atoms with Crippen LogP contribution in [-0.4, -0.2) is 23.1 Å². The summed E-state index contributed by atoms with van der Waals surface area (Å²) in [6.45, 7) is 0. The minimum absolute atomic E-state index is 0.309. The Hall–Kier alpha value is -2.47. The normalized spacial score (nSPS) is 20.4. The average Bonchev–Trinajstić information content (AvgIpc) is 2.53. The molecule has 1 heterocycles. The summed E-state index contributed by atoms with van der Waals surface area (Å²) in [6, 6.07) is 15.5. The molecule has 0 bridgehead atoms. The highest BCUT2D eigenvalue weighted by Gasteiger charge is 2.54. The molecule has 0 aromatic heterocycles. The fourth-order valence-corrected chi connectivity index (χ4v) is 3.12. The lowest BCUT2D eigenvalue weighted by Gasteiger charge is -2.44. The van der Waals surface area contributed by atoms with E-state index in [-0.39, 0.29) is 4.92 Å². The Balaban J connectivity index is 1.99. The number of hydrogen-bond donors (Lipinski definition) is 0. The Bertz CT molecular complexity index is 703. The number of ether oxygens (including phenoxy) is 1. The van der Waals surface area contributed by atoms with E-state index < -0.39 is 12.1 Å². The van der Waals surface area contributed by atoms with Gasteiger partial charge in [0, 0.05) is 10.6 Å². The van der Waals surface area contributed by atoms with Crippen molar-refractivity contribution in [3.8, 4) is 5.75 Å². The zero-order chi connectivity index (χ0) is 15.7. The maximum absolute atomic E-state index is 11.3. The molecule has 0 unspecified atom stereocenters. The first kappa shape index (κ1) is 14.5. The fraction of sp³-hybridized carbons (Fsp3) is 0.188. The van der Waals surface area contributed by atoms with Gasteiger partial charge in [-0.2, -0.15) is 0 Å². The first-order chi connectivity index (χ1) is 10.6. The number of hydrogen-bond acceptors (Lipinski definition) is 4. The lowest BCUT2D eigenvalue weighted by atomic mass is 9.89. The average molecular weight is 314 g/mol. The van der Waals surface area contributed by atoms with Gasteiger partial charge < -0.3 is 9.64 Å². The minimum atomic E-state index is -0.872. The van der Waals surface area contributed by atoms with E-state index in [0.29, 0.717) is 4.99 Å². The largest absolute Gasteiger partial charge is 0.497 e. The van der Waals surface area contributed by atoms with Gasteiger partial charge in [-0.15, -0.1) is 0 Å². The Labute approximate surface area is 133 Å². The zero-order valence-corrected chi connectivity index (χ0v) is 12.7. The van der Waals surface area contributed by atoms with Crippen molar-refractivity contribution in [2.24, 2.45) is 0 Å². The smallest absolute Gasteiger partial charge is 0.287 e. The van der Waals surface area contributed by atoms with Gasteiger partial charge in [-0.1, -0.05) is 42.5 Å². The predicted octanol–water partition coefficient (Wildman–Crippen LogP) is 3.23. The standard InChI is InChI=1S/C16H14N2O3S/c1-21-13-9-7-11(8-10-13)14-15(18(19)20)16(22)17(14)12-5-3-2-4-6-12/h2-10,14-15H,1H3/t14-,15+/m0/s1. The van der Waals surface area contributed by atoms with Crippen LogP contribution in [0.2, 0.25) is 0 Å². The van der Waals surface area contributed by atoms with Crippen LogP contribution in [-0.2, 0) is 0 Å². The Kier molecular flexibility index (Phi) is 3.77. The molecular weight excluding hydrogens is 300 g/mol. The van der Waals surface area contributed by atoms with Crippen LogP contribution < -0.4 is 9.64 Å². The van der Waals surface area contributed by atoms with Crippen LogP contribution in [0, 0.1) is 10.1 Å². The van der Waals surface area contributed by atoms with Crippen LogP contribution in [0.5, 0.6) is 5.75 Å². The van der Waals surface area contributed by atoms with Gasteiger partial charge in [0.2, 0.25) is 0 Å². The van der Waals surface area contributed by atoms with Gasteiger partial charge >= 0.3 is 0 Å². The van der Waals surface area contributed by atoms with Gasteiger partial charge in [0.15, 0.2) is 4.99 Å². The quantitative estimate of drug-likeness (QED) is 0.493. The molecule has 2 aromatic carbocycles. The number of anilines is 1. The van der Waals surface area contributed by atoms with Crippen LogP contribution in [0.3, 0.4) is 0 Å². The van der Waals surface area contributed by atoms with Crippen LogP contribution >= 0.6 is 12.2 Å². The molecule has 0 radical (unpaired) electrons. The predicted molar refractivity (Wildman–Crippen MR) is 88.0 cm³/mol. The van der Waals surface area contributed by atoms with E-state index in [1.54, 1.807) is 19.2 Å². The Morgan fingerprint density at radius 3 is 2.32 bits per heavy atom. The molecule has 3 rings (SSSR count). The second-order valence-electron chi connectivity index (χ2n) is 4.99. The van der Waals surface area contributed by atoms with E-state index in [9.17, 15) is 10.1 Å². The van der Waals surface area contributed by atoms with Crippen molar-refractivity contribution in [1.29, 1.82) is 0 Å². The van der Waals surface area contributed by atoms with E-state index in [2.05, 4.69) is 0 Å². The summed E-state index contributed by atoms with van der Waals surface area (Å²) in [5.74, 6) is 0.717. The van der Waals surface area contributed by atoms with Crippen LogP contribution in [0.15, 0.2) is 54.6 Å². The molecule has 112 valence electrons.